The second-order valence-electron chi connectivity index (χ2n) is 5.86. The largest absolute Gasteiger partial charge is 0.362 e. The minimum atomic E-state index is -0.389. The van der Waals surface area contributed by atoms with Gasteiger partial charge in [0.2, 0.25) is 0 Å². The summed E-state index contributed by atoms with van der Waals surface area (Å²) in [4.78, 5) is 18.6. The molecule has 0 atom stereocenters. The number of pyridine rings is 1. The molecule has 142 valence electrons. The number of aromatic nitrogens is 1. The molecule has 1 aliphatic heterocycles. The molecule has 1 aliphatic rings. The lowest BCUT2D eigenvalue weighted by molar-refractivity contribution is 0.102. The Bertz CT molecular complexity index is 805. The highest BCUT2D eigenvalue weighted by Gasteiger charge is 2.20. The smallest absolute Gasteiger partial charge is 0.259 e. The summed E-state index contributed by atoms with van der Waals surface area (Å²) < 4.78 is 15.4. The lowest BCUT2D eigenvalue weighted by Crippen LogP contribution is -2.25. The van der Waals surface area contributed by atoms with Crippen molar-refractivity contribution in [2.24, 2.45) is 0 Å². The minimum Gasteiger partial charge on any atom is -0.362 e. The van der Waals surface area contributed by atoms with Crippen LogP contribution >= 0.6 is 40.7 Å². The molecular weight excluding hydrogens is 446 g/mol. The van der Waals surface area contributed by atoms with Crippen molar-refractivity contribution in [1.29, 1.82) is 0 Å². The number of amides is 1. The average molecular weight is 466 g/mol. The Balaban J connectivity index is 0.00000169. The second kappa shape index (κ2) is 9.50. The Hall–Kier alpha value is -1.41. The number of hydrogen-bond donors (Lipinski definition) is 2. The lowest BCUT2D eigenvalue weighted by atomic mass is 9.99. The third-order valence-corrected chi connectivity index (χ3v) is 4.39. The van der Waals surface area contributed by atoms with Gasteiger partial charge in [0.25, 0.3) is 5.91 Å². The van der Waals surface area contributed by atoms with Gasteiger partial charge in [-0.2, -0.15) is 0 Å². The van der Waals surface area contributed by atoms with Crippen LogP contribution in [0.5, 0.6) is 0 Å². The maximum absolute atomic E-state index is 14.7. The second-order valence-corrected chi connectivity index (χ2v) is 6.78. The predicted molar refractivity (Wildman–Crippen MR) is 111 cm³/mol. The number of nitrogens with one attached hydrogen (secondary N) is 2. The van der Waals surface area contributed by atoms with Crippen LogP contribution < -0.4 is 15.5 Å². The summed E-state index contributed by atoms with van der Waals surface area (Å²) in [7, 11) is 3.61. The van der Waals surface area contributed by atoms with E-state index in [1.807, 2.05) is 6.07 Å². The molecule has 0 unspecified atom stereocenters. The van der Waals surface area contributed by atoms with E-state index < -0.39 is 0 Å². The Morgan fingerprint density at radius 2 is 2.08 bits per heavy atom. The van der Waals surface area contributed by atoms with Crippen molar-refractivity contribution >= 4 is 58.2 Å². The molecule has 0 spiro atoms. The molecule has 0 bridgehead atoms. The van der Waals surface area contributed by atoms with Crippen LogP contribution in [0.25, 0.3) is 0 Å². The number of nitrogens with zero attached hydrogens (tertiary/aromatic N) is 2. The number of rotatable bonds is 3. The molecule has 0 aliphatic carbocycles. The van der Waals surface area contributed by atoms with Gasteiger partial charge in [-0.15, -0.1) is 24.8 Å². The van der Waals surface area contributed by atoms with Gasteiger partial charge in [0.05, 0.1) is 11.3 Å². The van der Waals surface area contributed by atoms with Gasteiger partial charge in [-0.25, -0.2) is 9.37 Å². The topological polar surface area (TPSA) is 57.3 Å². The average Bonchev–Trinajstić information content (AvgIpc) is 2.57. The van der Waals surface area contributed by atoms with E-state index in [-0.39, 0.29) is 42.2 Å². The highest BCUT2D eigenvalue weighted by molar-refractivity contribution is 9.10. The first-order valence-corrected chi connectivity index (χ1v) is 8.42. The van der Waals surface area contributed by atoms with Crippen molar-refractivity contribution in [1.82, 2.24) is 10.3 Å². The number of halogens is 4. The molecule has 1 aromatic heterocycles. The van der Waals surface area contributed by atoms with E-state index in [2.05, 4.69) is 31.5 Å². The van der Waals surface area contributed by atoms with Crippen LogP contribution in [0.1, 0.15) is 21.5 Å². The Labute approximate surface area is 172 Å². The zero-order valence-electron chi connectivity index (χ0n) is 14.3. The normalized spacial score (nSPS) is 12.3. The first-order valence-electron chi connectivity index (χ1n) is 7.62. The van der Waals surface area contributed by atoms with Crippen molar-refractivity contribution in [2.45, 2.75) is 13.0 Å². The summed E-state index contributed by atoms with van der Waals surface area (Å²) in [6.45, 7) is 1.39. The van der Waals surface area contributed by atoms with Gasteiger partial charge in [-0.05, 0) is 52.2 Å². The maximum Gasteiger partial charge on any atom is 0.259 e. The van der Waals surface area contributed by atoms with Gasteiger partial charge in [-0.3, -0.25) is 4.79 Å². The minimum absolute atomic E-state index is 0. The third kappa shape index (κ3) is 4.65. The van der Waals surface area contributed by atoms with E-state index in [0.29, 0.717) is 34.4 Å². The molecule has 1 aromatic carbocycles. The van der Waals surface area contributed by atoms with Crippen LogP contribution in [-0.4, -0.2) is 31.5 Å². The van der Waals surface area contributed by atoms with Crippen molar-refractivity contribution < 1.29 is 9.18 Å². The van der Waals surface area contributed by atoms with Crippen LogP contribution in [0.3, 0.4) is 0 Å². The van der Waals surface area contributed by atoms with Crippen LogP contribution in [-0.2, 0) is 13.0 Å². The molecule has 0 saturated heterocycles. The van der Waals surface area contributed by atoms with E-state index >= 15 is 0 Å². The molecule has 3 rings (SSSR count). The first-order chi connectivity index (χ1) is 11.5. The molecule has 5 nitrogen and oxygen atoms in total. The van der Waals surface area contributed by atoms with Crippen LogP contribution in [0.2, 0.25) is 0 Å². The fraction of sp³-hybridized carbons (Fsp3) is 0.294. The van der Waals surface area contributed by atoms with Gasteiger partial charge in [-0.1, -0.05) is 6.07 Å². The molecule has 2 N–H and O–H groups in total. The molecule has 26 heavy (non-hydrogen) atoms. The quantitative estimate of drug-likeness (QED) is 0.723. The zero-order chi connectivity index (χ0) is 17.3. The van der Waals surface area contributed by atoms with Gasteiger partial charge in [0, 0.05) is 31.3 Å². The van der Waals surface area contributed by atoms with E-state index in [1.165, 1.54) is 0 Å². The summed E-state index contributed by atoms with van der Waals surface area (Å²) in [5.41, 5.74) is 2.19. The number of fused-ring (bicyclic) bond motifs is 1. The van der Waals surface area contributed by atoms with E-state index in [0.717, 1.165) is 12.1 Å². The summed E-state index contributed by atoms with van der Waals surface area (Å²) in [5.74, 6) is -0.213. The highest BCUT2D eigenvalue weighted by Crippen LogP contribution is 2.26. The number of carbonyl (C=O) groups excluding carboxylic acids is 1. The summed E-state index contributed by atoms with van der Waals surface area (Å²) in [6, 6.07) is 5.14. The molecule has 2 heterocycles. The third-order valence-electron chi connectivity index (χ3n) is 3.96. The number of anilines is 2. The molecule has 0 saturated carbocycles. The lowest BCUT2D eigenvalue weighted by Gasteiger charge is -2.20. The number of hydrogen-bond acceptors (Lipinski definition) is 4. The molecular formula is C17H20BrCl2FN4O. The maximum atomic E-state index is 14.7. The van der Waals surface area contributed by atoms with E-state index in [9.17, 15) is 9.18 Å². The van der Waals surface area contributed by atoms with Gasteiger partial charge >= 0.3 is 0 Å². The van der Waals surface area contributed by atoms with Gasteiger partial charge < -0.3 is 15.5 Å². The van der Waals surface area contributed by atoms with Gasteiger partial charge in [0.15, 0.2) is 0 Å². The zero-order valence-corrected chi connectivity index (χ0v) is 17.5. The SMILES string of the molecule is CN(C)c1ncc(Br)cc1C(=O)Nc1ccc2c(c1F)CCNC2.Cl.Cl. The van der Waals surface area contributed by atoms with Crippen LogP contribution in [0.15, 0.2) is 28.9 Å². The van der Waals surface area contributed by atoms with Crippen LogP contribution in [0.4, 0.5) is 15.9 Å². The van der Waals surface area contributed by atoms with E-state index in [4.69, 9.17) is 0 Å². The molecule has 0 radical (unpaired) electrons. The molecule has 9 heteroatoms. The van der Waals surface area contributed by atoms with Gasteiger partial charge in [0.1, 0.15) is 11.6 Å². The monoisotopic (exact) mass is 464 g/mol. The molecule has 0 fully saturated rings. The van der Waals surface area contributed by atoms with E-state index in [1.54, 1.807) is 37.3 Å². The fourth-order valence-electron chi connectivity index (χ4n) is 2.78. The van der Waals surface area contributed by atoms with Crippen molar-refractivity contribution in [3.05, 3.63) is 51.4 Å². The first kappa shape index (κ1) is 22.6. The number of carbonyl (C=O) groups is 1. The summed E-state index contributed by atoms with van der Waals surface area (Å²) in [5, 5.41) is 5.88. The van der Waals surface area contributed by atoms with Crippen molar-refractivity contribution in [3.8, 4) is 0 Å². The summed E-state index contributed by atoms with van der Waals surface area (Å²) in [6.07, 6.45) is 2.24. The standard InChI is InChI=1S/C17H18BrFN4O.2ClH/c1-23(2)16-13(7-11(18)9-21-16)17(24)22-14-4-3-10-8-20-6-5-12(10)15(14)19;;/h3-4,7,9,20H,5-6,8H2,1-2H3,(H,22,24);2*1H. The van der Waals surface area contributed by atoms with Crippen LogP contribution in [0, 0.1) is 5.82 Å². The molecule has 2 aromatic rings. The highest BCUT2D eigenvalue weighted by atomic mass is 79.9. The predicted octanol–water partition coefficient (Wildman–Crippen LogP) is 3.79. The molecule has 1 amide bonds. The summed E-state index contributed by atoms with van der Waals surface area (Å²) >= 11 is 3.32. The Morgan fingerprint density at radius 1 is 1.35 bits per heavy atom. The Kier molecular flexibility index (Phi) is 8.27. The Morgan fingerprint density at radius 3 is 2.77 bits per heavy atom. The van der Waals surface area contributed by atoms with Crippen molar-refractivity contribution in [2.75, 3.05) is 30.9 Å². The fourth-order valence-corrected chi connectivity index (χ4v) is 3.11. The van der Waals surface area contributed by atoms with Crippen molar-refractivity contribution in [3.63, 3.8) is 0 Å². The number of benzene rings is 1.